The van der Waals surface area contributed by atoms with Crippen molar-refractivity contribution in [3.05, 3.63) is 65.2 Å². The summed E-state index contributed by atoms with van der Waals surface area (Å²) in [7, 11) is 8.21. The summed E-state index contributed by atoms with van der Waals surface area (Å²) < 4.78 is 0. The van der Waals surface area contributed by atoms with E-state index in [0.29, 0.717) is 5.92 Å². The first-order valence-electron chi connectivity index (χ1n) is 10.7. The highest BCUT2D eigenvalue weighted by Gasteiger charge is 2.40. The van der Waals surface area contributed by atoms with Crippen LogP contribution in [0.5, 0.6) is 0 Å². The topological polar surface area (TPSA) is 42.3 Å². The maximum atomic E-state index is 10.0. The largest absolute Gasteiger partial charge is 0.378 e. The minimum absolute atomic E-state index is 0.0646. The van der Waals surface area contributed by atoms with E-state index in [1.165, 1.54) is 28.1 Å². The first-order valence-corrected chi connectivity index (χ1v) is 10.7. The first-order chi connectivity index (χ1) is 14.5. The summed E-state index contributed by atoms with van der Waals surface area (Å²) in [5, 5.41) is 16.8. The maximum Gasteiger partial charge on any atom is 0.132 e. The molecule has 0 bridgehead atoms. The third-order valence-corrected chi connectivity index (χ3v) is 6.23. The van der Waals surface area contributed by atoms with Crippen molar-refractivity contribution < 1.29 is 5.11 Å². The Bertz CT molecular complexity index is 929. The van der Waals surface area contributed by atoms with Crippen LogP contribution >= 0.6 is 0 Å². The lowest BCUT2D eigenvalue weighted by Gasteiger charge is -2.30. The fourth-order valence-electron chi connectivity index (χ4n) is 4.58. The molecule has 5 nitrogen and oxygen atoms in total. The van der Waals surface area contributed by atoms with Crippen LogP contribution in [0.1, 0.15) is 36.4 Å². The number of hydrogen-bond donors (Lipinski definition) is 1. The predicted molar refractivity (Wildman–Crippen MR) is 126 cm³/mol. The number of hydrazone groups is 1. The number of anilines is 2. The van der Waals surface area contributed by atoms with Crippen LogP contribution in [0.25, 0.3) is 6.08 Å². The molecule has 1 aliphatic carbocycles. The minimum atomic E-state index is -0.0646. The Kier molecular flexibility index (Phi) is 5.82. The van der Waals surface area contributed by atoms with Crippen molar-refractivity contribution in [1.29, 1.82) is 0 Å². The molecule has 1 heterocycles. The monoisotopic (exact) mass is 404 g/mol. The van der Waals surface area contributed by atoms with Gasteiger partial charge in [-0.1, -0.05) is 24.3 Å². The second-order valence-corrected chi connectivity index (χ2v) is 8.65. The smallest absolute Gasteiger partial charge is 0.132 e. The zero-order chi connectivity index (χ0) is 21.3. The Balaban J connectivity index is 1.62. The molecule has 2 atom stereocenters. The van der Waals surface area contributed by atoms with Gasteiger partial charge in [0, 0.05) is 45.5 Å². The van der Waals surface area contributed by atoms with Gasteiger partial charge in [0.1, 0.15) is 6.73 Å². The second-order valence-electron chi connectivity index (χ2n) is 8.65. The normalized spacial score (nSPS) is 22.1. The van der Waals surface area contributed by atoms with E-state index >= 15 is 0 Å². The Morgan fingerprint density at radius 1 is 0.967 bits per heavy atom. The molecule has 0 radical (unpaired) electrons. The van der Waals surface area contributed by atoms with Crippen molar-refractivity contribution in [3.8, 4) is 0 Å². The molecule has 30 heavy (non-hydrogen) atoms. The number of hydrogen-bond acceptors (Lipinski definition) is 5. The van der Waals surface area contributed by atoms with Gasteiger partial charge < -0.3 is 14.9 Å². The fourth-order valence-corrected chi connectivity index (χ4v) is 4.58. The molecule has 4 rings (SSSR count). The molecule has 1 fully saturated rings. The molecule has 158 valence electrons. The number of rotatable bonds is 5. The van der Waals surface area contributed by atoms with Gasteiger partial charge in [0.2, 0.25) is 0 Å². The Hall–Kier alpha value is -2.79. The average molecular weight is 405 g/mol. The molecule has 1 N–H and O–H groups in total. The van der Waals surface area contributed by atoms with E-state index in [-0.39, 0.29) is 12.8 Å². The second kappa shape index (κ2) is 8.52. The Morgan fingerprint density at radius 3 is 2.13 bits per heavy atom. The van der Waals surface area contributed by atoms with Crippen molar-refractivity contribution in [2.24, 2.45) is 11.0 Å². The van der Waals surface area contributed by atoms with Crippen LogP contribution in [0.15, 0.2) is 59.2 Å². The summed E-state index contributed by atoms with van der Waals surface area (Å²) in [6.07, 6.45) is 5.57. The lowest BCUT2D eigenvalue weighted by molar-refractivity contribution is 0.0697. The van der Waals surface area contributed by atoms with Crippen LogP contribution in [0, 0.1) is 5.92 Å². The number of aliphatic hydroxyl groups is 1. The zero-order valence-corrected chi connectivity index (χ0v) is 18.4. The molecule has 0 saturated heterocycles. The van der Waals surface area contributed by atoms with Crippen LogP contribution in [-0.2, 0) is 0 Å². The molecular formula is C25H32N4O. The van der Waals surface area contributed by atoms with Crippen molar-refractivity contribution in [3.63, 3.8) is 0 Å². The van der Waals surface area contributed by atoms with E-state index < -0.39 is 0 Å². The van der Waals surface area contributed by atoms with E-state index in [1.54, 1.807) is 0 Å². The number of allylic oxidation sites excluding steroid dienone is 1. The summed E-state index contributed by atoms with van der Waals surface area (Å²) in [5.74, 6) is 0.323. The van der Waals surface area contributed by atoms with Gasteiger partial charge in [-0.25, -0.2) is 0 Å². The van der Waals surface area contributed by atoms with E-state index in [1.807, 2.05) is 5.01 Å². The molecule has 2 aromatic carbocycles. The molecule has 0 spiro atoms. The highest BCUT2D eigenvalue weighted by Crippen LogP contribution is 2.44. The van der Waals surface area contributed by atoms with Gasteiger partial charge in [-0.2, -0.15) is 5.10 Å². The zero-order valence-electron chi connectivity index (χ0n) is 18.4. The van der Waals surface area contributed by atoms with Crippen LogP contribution < -0.4 is 9.80 Å². The molecule has 2 aromatic rings. The van der Waals surface area contributed by atoms with E-state index in [0.717, 1.165) is 25.0 Å². The molecule has 5 heteroatoms. The standard InChI is InChI=1S/C25H32N4O/c1-27(2)21-12-8-18(9-13-21)16-20-6-5-7-23-24(20)26-29(17-30)25(23)19-10-14-22(15-11-19)28(3)4/h8-16,23,25,30H,5-7,17H2,1-4H3/b20-16+/t23-,25+/m0/s1. The lowest BCUT2D eigenvalue weighted by Crippen LogP contribution is -2.28. The summed E-state index contributed by atoms with van der Waals surface area (Å²) in [6, 6.07) is 17.4. The van der Waals surface area contributed by atoms with Gasteiger partial charge >= 0.3 is 0 Å². The Labute approximate surface area is 179 Å². The maximum absolute atomic E-state index is 10.0. The van der Waals surface area contributed by atoms with E-state index in [2.05, 4.69) is 92.6 Å². The van der Waals surface area contributed by atoms with E-state index in [4.69, 9.17) is 5.10 Å². The fraction of sp³-hybridized carbons (Fsp3) is 0.400. The summed E-state index contributed by atoms with van der Waals surface area (Å²) >= 11 is 0. The number of nitrogens with zero attached hydrogens (tertiary/aromatic N) is 4. The summed E-state index contributed by atoms with van der Waals surface area (Å²) in [5.41, 5.74) is 7.25. The molecule has 0 unspecified atom stereocenters. The highest BCUT2D eigenvalue weighted by molar-refractivity contribution is 6.07. The van der Waals surface area contributed by atoms with Crippen LogP contribution in [0.2, 0.25) is 0 Å². The highest BCUT2D eigenvalue weighted by atomic mass is 16.3. The van der Waals surface area contributed by atoms with Gasteiger partial charge in [-0.15, -0.1) is 0 Å². The molecule has 2 aliphatic rings. The first kappa shape index (κ1) is 20.5. The van der Waals surface area contributed by atoms with Crippen LogP contribution in [-0.4, -0.2) is 50.7 Å². The van der Waals surface area contributed by atoms with Crippen molar-refractivity contribution in [1.82, 2.24) is 5.01 Å². The number of benzene rings is 2. The van der Waals surface area contributed by atoms with Crippen molar-refractivity contribution in [2.45, 2.75) is 25.3 Å². The molecule has 1 aliphatic heterocycles. The number of aliphatic hydroxyl groups excluding tert-OH is 1. The van der Waals surface area contributed by atoms with Gasteiger partial charge in [0.15, 0.2) is 0 Å². The average Bonchev–Trinajstić information content (AvgIpc) is 3.14. The van der Waals surface area contributed by atoms with Gasteiger partial charge in [-0.3, -0.25) is 5.01 Å². The van der Waals surface area contributed by atoms with Gasteiger partial charge in [-0.05, 0) is 66.3 Å². The molecule has 0 aromatic heterocycles. The predicted octanol–water partition coefficient (Wildman–Crippen LogP) is 4.36. The Morgan fingerprint density at radius 2 is 1.57 bits per heavy atom. The third kappa shape index (κ3) is 3.94. The summed E-state index contributed by atoms with van der Waals surface area (Å²) in [6.45, 7) is -0.0646. The third-order valence-electron chi connectivity index (χ3n) is 6.23. The van der Waals surface area contributed by atoms with E-state index in [9.17, 15) is 5.11 Å². The lowest BCUT2D eigenvalue weighted by atomic mass is 9.77. The SMILES string of the molecule is CN(C)c1ccc(/C=C2\CCC[C@H]3C2=NN(CO)[C@@H]3c2ccc(N(C)C)cc2)cc1. The van der Waals surface area contributed by atoms with Crippen LogP contribution in [0.4, 0.5) is 11.4 Å². The van der Waals surface area contributed by atoms with Crippen molar-refractivity contribution >= 4 is 23.2 Å². The minimum Gasteiger partial charge on any atom is -0.378 e. The van der Waals surface area contributed by atoms with Crippen LogP contribution in [0.3, 0.4) is 0 Å². The van der Waals surface area contributed by atoms with Gasteiger partial charge in [0.25, 0.3) is 0 Å². The number of fused-ring (bicyclic) bond motifs is 1. The van der Waals surface area contributed by atoms with Gasteiger partial charge in [0.05, 0.1) is 11.8 Å². The molecule has 1 saturated carbocycles. The quantitative estimate of drug-likeness (QED) is 0.804. The molecule has 0 amide bonds. The molecular weight excluding hydrogens is 372 g/mol. The van der Waals surface area contributed by atoms with Crippen molar-refractivity contribution in [2.75, 3.05) is 44.7 Å². The summed E-state index contributed by atoms with van der Waals surface area (Å²) in [4.78, 5) is 4.22.